The highest BCUT2D eigenvalue weighted by atomic mass is 16.3. The van der Waals surface area contributed by atoms with Gasteiger partial charge < -0.3 is 15.7 Å². The SMILES string of the molecule is CCC(CO)NCc1cccc2c1NCC2. The zero-order valence-corrected chi connectivity index (χ0v) is 9.79. The molecule has 1 aliphatic heterocycles. The summed E-state index contributed by atoms with van der Waals surface area (Å²) < 4.78 is 0. The minimum atomic E-state index is 0.206. The van der Waals surface area contributed by atoms with Gasteiger partial charge in [-0.25, -0.2) is 0 Å². The molecule has 0 bridgehead atoms. The first-order chi connectivity index (χ1) is 7.85. The molecule has 16 heavy (non-hydrogen) atoms. The van der Waals surface area contributed by atoms with Crippen LogP contribution in [0.2, 0.25) is 0 Å². The van der Waals surface area contributed by atoms with Crippen LogP contribution in [0.5, 0.6) is 0 Å². The zero-order valence-electron chi connectivity index (χ0n) is 9.79. The molecule has 1 aromatic rings. The average molecular weight is 220 g/mol. The number of benzene rings is 1. The van der Waals surface area contributed by atoms with Crippen molar-refractivity contribution in [1.82, 2.24) is 5.32 Å². The Bertz CT molecular complexity index is 348. The molecular formula is C13H20N2O. The van der Waals surface area contributed by atoms with Crippen molar-refractivity contribution in [1.29, 1.82) is 0 Å². The van der Waals surface area contributed by atoms with Gasteiger partial charge in [-0.2, -0.15) is 0 Å². The van der Waals surface area contributed by atoms with E-state index in [9.17, 15) is 0 Å². The predicted octanol–water partition coefficient (Wildman–Crippen LogP) is 1.52. The standard InChI is InChI=1S/C13H20N2O/c1-2-12(9-16)15-8-11-5-3-4-10-6-7-14-13(10)11/h3-5,12,14-16H,2,6-9H2,1H3. The van der Waals surface area contributed by atoms with Crippen LogP contribution in [0.25, 0.3) is 0 Å². The van der Waals surface area contributed by atoms with Crippen LogP contribution in [0.15, 0.2) is 18.2 Å². The molecule has 0 aliphatic carbocycles. The summed E-state index contributed by atoms with van der Waals surface area (Å²) in [6.07, 6.45) is 2.08. The number of rotatable bonds is 5. The van der Waals surface area contributed by atoms with Crippen LogP contribution in [-0.4, -0.2) is 24.3 Å². The summed E-state index contributed by atoms with van der Waals surface area (Å²) in [5, 5.41) is 15.9. The fourth-order valence-corrected chi connectivity index (χ4v) is 2.15. The number of nitrogens with one attached hydrogen (secondary N) is 2. The van der Waals surface area contributed by atoms with Crippen molar-refractivity contribution in [2.24, 2.45) is 0 Å². The molecule has 1 aliphatic rings. The van der Waals surface area contributed by atoms with E-state index in [1.807, 2.05) is 0 Å². The van der Waals surface area contributed by atoms with E-state index in [0.717, 1.165) is 25.9 Å². The van der Waals surface area contributed by atoms with Gasteiger partial charge >= 0.3 is 0 Å². The fourth-order valence-electron chi connectivity index (χ4n) is 2.15. The van der Waals surface area contributed by atoms with Crippen LogP contribution in [0.4, 0.5) is 5.69 Å². The molecule has 0 fully saturated rings. The number of hydrogen-bond acceptors (Lipinski definition) is 3. The lowest BCUT2D eigenvalue weighted by atomic mass is 10.1. The maximum absolute atomic E-state index is 9.12. The molecule has 0 saturated heterocycles. The van der Waals surface area contributed by atoms with Crippen LogP contribution < -0.4 is 10.6 Å². The molecule has 0 radical (unpaired) electrons. The summed E-state index contributed by atoms with van der Waals surface area (Å²) in [6.45, 7) is 4.17. The summed E-state index contributed by atoms with van der Waals surface area (Å²) in [5.74, 6) is 0. The van der Waals surface area contributed by atoms with Crippen molar-refractivity contribution in [2.75, 3.05) is 18.5 Å². The summed E-state index contributed by atoms with van der Waals surface area (Å²) in [6, 6.07) is 6.65. The maximum atomic E-state index is 9.12. The topological polar surface area (TPSA) is 44.3 Å². The quantitative estimate of drug-likeness (QED) is 0.705. The van der Waals surface area contributed by atoms with Crippen LogP contribution in [0, 0.1) is 0 Å². The molecule has 3 heteroatoms. The van der Waals surface area contributed by atoms with E-state index >= 15 is 0 Å². The molecule has 0 spiro atoms. The van der Waals surface area contributed by atoms with Gasteiger partial charge in [0.1, 0.15) is 0 Å². The van der Waals surface area contributed by atoms with Gasteiger partial charge in [0, 0.05) is 24.8 Å². The number of fused-ring (bicyclic) bond motifs is 1. The van der Waals surface area contributed by atoms with E-state index < -0.39 is 0 Å². The molecule has 2 rings (SSSR count). The molecule has 1 unspecified atom stereocenters. The summed E-state index contributed by atoms with van der Waals surface area (Å²) in [4.78, 5) is 0. The lowest BCUT2D eigenvalue weighted by Crippen LogP contribution is -2.31. The van der Waals surface area contributed by atoms with E-state index in [-0.39, 0.29) is 12.6 Å². The van der Waals surface area contributed by atoms with Gasteiger partial charge in [-0.05, 0) is 24.0 Å². The second-order valence-electron chi connectivity index (χ2n) is 4.30. The molecular weight excluding hydrogens is 200 g/mol. The van der Waals surface area contributed by atoms with Crippen molar-refractivity contribution in [3.8, 4) is 0 Å². The highest BCUT2D eigenvalue weighted by Crippen LogP contribution is 2.26. The Hall–Kier alpha value is -1.06. The minimum absolute atomic E-state index is 0.206. The molecule has 1 atom stereocenters. The van der Waals surface area contributed by atoms with Gasteiger partial charge in [-0.1, -0.05) is 25.1 Å². The van der Waals surface area contributed by atoms with E-state index in [2.05, 4.69) is 35.8 Å². The molecule has 1 aromatic carbocycles. The van der Waals surface area contributed by atoms with Gasteiger partial charge in [-0.15, -0.1) is 0 Å². The van der Waals surface area contributed by atoms with Crippen LogP contribution in [-0.2, 0) is 13.0 Å². The van der Waals surface area contributed by atoms with Crippen molar-refractivity contribution in [2.45, 2.75) is 32.4 Å². The van der Waals surface area contributed by atoms with Gasteiger partial charge in [0.15, 0.2) is 0 Å². The number of anilines is 1. The molecule has 0 amide bonds. The lowest BCUT2D eigenvalue weighted by molar-refractivity contribution is 0.238. The fraction of sp³-hybridized carbons (Fsp3) is 0.538. The van der Waals surface area contributed by atoms with Crippen molar-refractivity contribution in [3.63, 3.8) is 0 Å². The summed E-state index contributed by atoms with van der Waals surface area (Å²) >= 11 is 0. The zero-order chi connectivity index (χ0) is 11.4. The largest absolute Gasteiger partial charge is 0.395 e. The minimum Gasteiger partial charge on any atom is -0.395 e. The van der Waals surface area contributed by atoms with Crippen molar-refractivity contribution < 1.29 is 5.11 Å². The Morgan fingerprint density at radius 2 is 2.38 bits per heavy atom. The lowest BCUT2D eigenvalue weighted by Gasteiger charge is -2.15. The Morgan fingerprint density at radius 1 is 1.50 bits per heavy atom. The Labute approximate surface area is 96.9 Å². The molecule has 3 N–H and O–H groups in total. The Balaban J connectivity index is 2.02. The highest BCUT2D eigenvalue weighted by molar-refractivity contribution is 5.61. The molecule has 3 nitrogen and oxygen atoms in total. The van der Waals surface area contributed by atoms with E-state index in [0.29, 0.717) is 0 Å². The van der Waals surface area contributed by atoms with E-state index in [1.54, 1.807) is 0 Å². The van der Waals surface area contributed by atoms with E-state index in [4.69, 9.17) is 5.11 Å². The smallest absolute Gasteiger partial charge is 0.0584 e. The molecule has 88 valence electrons. The van der Waals surface area contributed by atoms with Gasteiger partial charge in [0.05, 0.1) is 6.61 Å². The first-order valence-electron chi connectivity index (χ1n) is 6.04. The summed E-state index contributed by atoms with van der Waals surface area (Å²) in [7, 11) is 0. The Morgan fingerprint density at radius 3 is 3.12 bits per heavy atom. The van der Waals surface area contributed by atoms with Crippen LogP contribution in [0.1, 0.15) is 24.5 Å². The average Bonchev–Trinajstić information content (AvgIpc) is 2.79. The molecule has 1 heterocycles. The van der Waals surface area contributed by atoms with E-state index in [1.165, 1.54) is 16.8 Å². The highest BCUT2D eigenvalue weighted by Gasteiger charge is 2.13. The normalized spacial score (nSPS) is 15.6. The van der Waals surface area contributed by atoms with Gasteiger partial charge in [0.2, 0.25) is 0 Å². The van der Waals surface area contributed by atoms with Crippen molar-refractivity contribution >= 4 is 5.69 Å². The number of aliphatic hydroxyl groups excluding tert-OH is 1. The first kappa shape index (κ1) is 11.4. The molecule has 0 saturated carbocycles. The third-order valence-corrected chi connectivity index (χ3v) is 3.23. The number of hydrogen-bond donors (Lipinski definition) is 3. The second kappa shape index (κ2) is 5.32. The monoisotopic (exact) mass is 220 g/mol. The molecule has 0 aromatic heterocycles. The third kappa shape index (κ3) is 2.36. The second-order valence-corrected chi connectivity index (χ2v) is 4.30. The number of para-hydroxylation sites is 1. The third-order valence-electron chi connectivity index (χ3n) is 3.23. The van der Waals surface area contributed by atoms with Gasteiger partial charge in [0.25, 0.3) is 0 Å². The Kier molecular flexibility index (Phi) is 3.80. The van der Waals surface area contributed by atoms with Crippen molar-refractivity contribution in [3.05, 3.63) is 29.3 Å². The maximum Gasteiger partial charge on any atom is 0.0584 e. The summed E-state index contributed by atoms with van der Waals surface area (Å²) in [5.41, 5.74) is 4.01. The van der Waals surface area contributed by atoms with Crippen LogP contribution >= 0.6 is 0 Å². The number of aliphatic hydroxyl groups is 1. The predicted molar refractivity (Wildman–Crippen MR) is 66.6 cm³/mol. The van der Waals surface area contributed by atoms with Crippen LogP contribution in [0.3, 0.4) is 0 Å². The van der Waals surface area contributed by atoms with Gasteiger partial charge in [-0.3, -0.25) is 0 Å². The first-order valence-corrected chi connectivity index (χ1v) is 6.04.